The smallest absolute Gasteiger partial charge is 0.0406 e. The molecule has 0 radical (unpaired) electrons. The largest absolute Gasteiger partial charge is 0.0947 e. The van der Waals surface area contributed by atoms with E-state index in [1.165, 1.54) is 20.9 Å². The van der Waals surface area contributed by atoms with Crippen molar-refractivity contribution in [2.75, 3.05) is 0 Å². The Bertz CT molecular complexity index is 415. The van der Waals surface area contributed by atoms with Gasteiger partial charge in [0, 0.05) is 14.8 Å². The Balaban J connectivity index is 2.19. The van der Waals surface area contributed by atoms with Crippen LogP contribution >= 0.6 is 23.4 Å². The van der Waals surface area contributed by atoms with Gasteiger partial charge in [0.25, 0.3) is 0 Å². The first-order valence-electron chi connectivity index (χ1n) is 4.98. The van der Waals surface area contributed by atoms with E-state index in [1.807, 2.05) is 12.1 Å². The molecule has 0 spiro atoms. The number of hydrogen-bond acceptors (Lipinski definition) is 1. The summed E-state index contributed by atoms with van der Waals surface area (Å²) in [5.74, 6) is 0. The van der Waals surface area contributed by atoms with Gasteiger partial charge in [0.05, 0.1) is 0 Å². The second-order valence-corrected chi connectivity index (χ2v) is 5.29. The number of benzene rings is 1. The lowest BCUT2D eigenvalue weighted by molar-refractivity contribution is 1.01. The molecular weight excluding hydrogens is 224 g/mol. The molecule has 2 rings (SSSR count). The number of allylic oxidation sites excluding steroid dienone is 2. The van der Waals surface area contributed by atoms with Gasteiger partial charge in [-0.05, 0) is 49.6 Å². The maximum absolute atomic E-state index is 5.85. The molecule has 1 aliphatic rings. The van der Waals surface area contributed by atoms with Gasteiger partial charge < -0.3 is 0 Å². The second kappa shape index (κ2) is 4.46. The summed E-state index contributed by atoms with van der Waals surface area (Å²) >= 11 is 7.64. The highest BCUT2D eigenvalue weighted by Gasteiger charge is 2.15. The molecule has 15 heavy (non-hydrogen) atoms. The molecule has 1 aliphatic carbocycles. The Labute approximate surface area is 100 Å². The molecule has 1 aromatic rings. The highest BCUT2D eigenvalue weighted by atomic mass is 35.5. The first-order chi connectivity index (χ1) is 7.16. The molecule has 0 fully saturated rings. The van der Waals surface area contributed by atoms with Crippen molar-refractivity contribution in [1.82, 2.24) is 0 Å². The third-order valence-corrected chi connectivity index (χ3v) is 4.15. The van der Waals surface area contributed by atoms with Gasteiger partial charge in [0.2, 0.25) is 0 Å². The van der Waals surface area contributed by atoms with Gasteiger partial charge in [0.1, 0.15) is 0 Å². The summed E-state index contributed by atoms with van der Waals surface area (Å²) in [5, 5.41) is 0.787. The van der Waals surface area contributed by atoms with E-state index < -0.39 is 0 Å². The Hall–Kier alpha value is -0.660. The van der Waals surface area contributed by atoms with E-state index in [0.29, 0.717) is 0 Å². The zero-order valence-electron chi connectivity index (χ0n) is 8.72. The van der Waals surface area contributed by atoms with E-state index in [0.717, 1.165) is 17.9 Å². The summed E-state index contributed by atoms with van der Waals surface area (Å²) in [4.78, 5) is 2.59. The fourth-order valence-electron chi connectivity index (χ4n) is 1.65. The van der Waals surface area contributed by atoms with Gasteiger partial charge in [-0.2, -0.15) is 0 Å². The van der Waals surface area contributed by atoms with Crippen LogP contribution in [0.5, 0.6) is 0 Å². The summed E-state index contributed by atoms with van der Waals surface area (Å²) in [5.41, 5.74) is 2.73. The Kier molecular flexibility index (Phi) is 3.22. The van der Waals surface area contributed by atoms with Crippen LogP contribution in [0.4, 0.5) is 0 Å². The second-order valence-electron chi connectivity index (χ2n) is 3.77. The van der Waals surface area contributed by atoms with Crippen molar-refractivity contribution in [2.45, 2.75) is 24.7 Å². The van der Waals surface area contributed by atoms with Gasteiger partial charge in [-0.3, -0.25) is 0 Å². The lowest BCUT2D eigenvalue weighted by Crippen LogP contribution is -1.78. The third kappa shape index (κ3) is 2.47. The third-order valence-electron chi connectivity index (χ3n) is 2.54. The molecule has 78 valence electrons. The topological polar surface area (TPSA) is 0 Å². The lowest BCUT2D eigenvalue weighted by Gasteiger charge is -2.05. The van der Waals surface area contributed by atoms with Crippen molar-refractivity contribution < 1.29 is 0 Å². The van der Waals surface area contributed by atoms with Crippen LogP contribution in [-0.4, -0.2) is 0 Å². The van der Waals surface area contributed by atoms with Gasteiger partial charge in [-0.15, -0.1) is 0 Å². The lowest BCUT2D eigenvalue weighted by atomic mass is 10.2. The molecule has 1 aromatic carbocycles. The predicted molar refractivity (Wildman–Crippen MR) is 68.4 cm³/mol. The quantitative estimate of drug-likeness (QED) is 0.692. The van der Waals surface area contributed by atoms with Gasteiger partial charge >= 0.3 is 0 Å². The highest BCUT2D eigenvalue weighted by Crippen LogP contribution is 2.41. The molecule has 0 nitrogen and oxygen atoms in total. The zero-order valence-corrected chi connectivity index (χ0v) is 10.3. The number of thioether (sulfide) groups is 1. The van der Waals surface area contributed by atoms with E-state index in [1.54, 1.807) is 11.8 Å². The summed E-state index contributed by atoms with van der Waals surface area (Å²) in [6.45, 7) is 6.29. The van der Waals surface area contributed by atoms with E-state index >= 15 is 0 Å². The van der Waals surface area contributed by atoms with Crippen LogP contribution in [0.1, 0.15) is 19.8 Å². The Morgan fingerprint density at radius 1 is 1.20 bits per heavy atom. The first kappa shape index (κ1) is 10.8. The molecule has 0 saturated heterocycles. The molecule has 0 aromatic heterocycles. The maximum atomic E-state index is 5.85. The van der Waals surface area contributed by atoms with Gasteiger partial charge in [-0.25, -0.2) is 0 Å². The van der Waals surface area contributed by atoms with Crippen molar-refractivity contribution in [3.8, 4) is 0 Å². The monoisotopic (exact) mass is 236 g/mol. The van der Waals surface area contributed by atoms with E-state index in [2.05, 4.69) is 25.6 Å². The average Bonchev–Trinajstić information content (AvgIpc) is 2.53. The molecule has 0 heterocycles. The van der Waals surface area contributed by atoms with Gasteiger partial charge in [0.15, 0.2) is 0 Å². The van der Waals surface area contributed by atoms with Gasteiger partial charge in [-0.1, -0.05) is 35.5 Å². The van der Waals surface area contributed by atoms with Crippen molar-refractivity contribution in [1.29, 1.82) is 0 Å². The zero-order chi connectivity index (χ0) is 10.8. The fraction of sp³-hybridized carbons (Fsp3) is 0.231. The highest BCUT2D eigenvalue weighted by molar-refractivity contribution is 8.03. The first-order valence-corrected chi connectivity index (χ1v) is 6.17. The number of halogens is 1. The minimum absolute atomic E-state index is 0.787. The minimum atomic E-state index is 0.787. The normalized spacial score (nSPS) is 16.3. The number of rotatable bonds is 2. The van der Waals surface area contributed by atoms with Crippen LogP contribution in [0.3, 0.4) is 0 Å². The Morgan fingerprint density at radius 3 is 2.40 bits per heavy atom. The summed E-state index contributed by atoms with van der Waals surface area (Å²) in [6.07, 6.45) is 2.27. The summed E-state index contributed by atoms with van der Waals surface area (Å²) in [7, 11) is 0. The summed E-state index contributed by atoms with van der Waals surface area (Å²) < 4.78 is 0. The molecule has 2 heteroatoms. The van der Waals surface area contributed by atoms with Crippen molar-refractivity contribution in [3.63, 3.8) is 0 Å². The van der Waals surface area contributed by atoms with E-state index in [4.69, 9.17) is 11.6 Å². The SMILES string of the molecule is C=C1CCC(C)=C1Sc1ccc(Cl)cc1. The minimum Gasteiger partial charge on any atom is -0.0947 e. The summed E-state index contributed by atoms with van der Waals surface area (Å²) in [6, 6.07) is 7.97. The molecule has 0 N–H and O–H groups in total. The van der Waals surface area contributed by atoms with Crippen molar-refractivity contribution >= 4 is 23.4 Å². The predicted octanol–water partition coefficient (Wildman–Crippen LogP) is 5.06. The van der Waals surface area contributed by atoms with Crippen LogP contribution in [0.15, 0.2) is 51.8 Å². The molecule has 0 amide bonds. The van der Waals surface area contributed by atoms with Crippen LogP contribution < -0.4 is 0 Å². The molecule has 0 saturated carbocycles. The number of hydrogen-bond donors (Lipinski definition) is 0. The average molecular weight is 237 g/mol. The molecule has 0 aliphatic heterocycles. The van der Waals surface area contributed by atoms with Crippen LogP contribution in [0, 0.1) is 0 Å². The molecule has 0 unspecified atom stereocenters. The van der Waals surface area contributed by atoms with Crippen molar-refractivity contribution in [2.24, 2.45) is 0 Å². The van der Waals surface area contributed by atoms with Crippen LogP contribution in [-0.2, 0) is 0 Å². The Morgan fingerprint density at radius 2 is 1.87 bits per heavy atom. The van der Waals surface area contributed by atoms with E-state index in [9.17, 15) is 0 Å². The molecule has 0 bridgehead atoms. The van der Waals surface area contributed by atoms with E-state index in [-0.39, 0.29) is 0 Å². The van der Waals surface area contributed by atoms with Crippen LogP contribution in [0.25, 0.3) is 0 Å². The fourth-order valence-corrected chi connectivity index (χ4v) is 2.80. The van der Waals surface area contributed by atoms with Crippen LogP contribution in [0.2, 0.25) is 5.02 Å². The standard InChI is InChI=1S/C13H13ClS/c1-9-3-4-10(2)13(9)15-12-7-5-11(14)6-8-12/h5-8H,1,3-4H2,2H3. The maximum Gasteiger partial charge on any atom is 0.0406 e. The molecular formula is C13H13ClS. The molecule has 0 atom stereocenters. The van der Waals surface area contributed by atoms with Crippen molar-refractivity contribution in [3.05, 3.63) is 51.9 Å².